The average Bonchev–Trinajstić information content (AvgIpc) is 2.32. The average molecular weight is 260 g/mol. The van der Waals surface area contributed by atoms with Crippen LogP contribution in [0.4, 0.5) is 13.2 Å². The largest absolute Gasteiger partial charge is 0.494 e. The second kappa shape index (κ2) is 7.29. The van der Waals surface area contributed by atoms with Gasteiger partial charge in [0, 0.05) is 6.42 Å². The number of halogens is 3. The molecule has 18 heavy (non-hydrogen) atoms. The summed E-state index contributed by atoms with van der Waals surface area (Å²) in [6, 6.07) is 7.57. The molecule has 0 amide bonds. The molecule has 1 aromatic carbocycles. The molecule has 0 aromatic heterocycles. The van der Waals surface area contributed by atoms with Crippen LogP contribution in [0.1, 0.15) is 38.2 Å². The van der Waals surface area contributed by atoms with Crippen LogP contribution in [0.2, 0.25) is 0 Å². The lowest BCUT2D eigenvalue weighted by Crippen LogP contribution is -2.09. The Morgan fingerprint density at radius 1 is 1.06 bits per heavy atom. The molecule has 0 spiro atoms. The molecule has 0 aliphatic rings. The van der Waals surface area contributed by atoms with E-state index in [9.17, 15) is 13.2 Å². The van der Waals surface area contributed by atoms with E-state index in [1.54, 1.807) is 0 Å². The predicted octanol–water partition coefficient (Wildman–Crippen LogP) is 4.75. The number of ether oxygens (including phenoxy) is 1. The van der Waals surface area contributed by atoms with Crippen molar-refractivity contribution in [2.24, 2.45) is 0 Å². The molecule has 0 fully saturated rings. The normalized spacial score (nSPS) is 11.6. The molecule has 1 aromatic rings. The Morgan fingerprint density at radius 2 is 1.72 bits per heavy atom. The van der Waals surface area contributed by atoms with Crippen LogP contribution in [0, 0.1) is 0 Å². The fourth-order valence-corrected chi connectivity index (χ4v) is 1.60. The third-order valence-electron chi connectivity index (χ3n) is 2.62. The standard InChI is InChI=1S/C14H19F3O/c1-2-3-5-12-6-8-13(9-7-12)18-11-4-10-14(15,16)17/h6-9H,2-5,10-11H2,1H3. The Balaban J connectivity index is 2.26. The number of benzene rings is 1. The summed E-state index contributed by atoms with van der Waals surface area (Å²) < 4.78 is 41.0. The van der Waals surface area contributed by atoms with E-state index >= 15 is 0 Å². The lowest BCUT2D eigenvalue weighted by Gasteiger charge is -2.08. The van der Waals surface area contributed by atoms with E-state index in [1.165, 1.54) is 5.56 Å². The quantitative estimate of drug-likeness (QED) is 0.643. The summed E-state index contributed by atoms with van der Waals surface area (Å²) in [5.74, 6) is 0.637. The number of aryl methyl sites for hydroxylation is 1. The Labute approximate surface area is 106 Å². The highest BCUT2D eigenvalue weighted by Gasteiger charge is 2.26. The Kier molecular flexibility index (Phi) is 6.02. The van der Waals surface area contributed by atoms with Crippen molar-refractivity contribution in [3.8, 4) is 5.75 Å². The van der Waals surface area contributed by atoms with E-state index in [0.29, 0.717) is 5.75 Å². The van der Waals surface area contributed by atoms with Gasteiger partial charge in [0.2, 0.25) is 0 Å². The Bertz CT molecular complexity index is 330. The zero-order chi connectivity index (χ0) is 13.4. The molecule has 0 atom stereocenters. The van der Waals surface area contributed by atoms with Gasteiger partial charge in [0.15, 0.2) is 0 Å². The summed E-state index contributed by atoms with van der Waals surface area (Å²) in [6.07, 6.45) is -1.55. The van der Waals surface area contributed by atoms with Crippen molar-refractivity contribution < 1.29 is 17.9 Å². The van der Waals surface area contributed by atoms with Gasteiger partial charge in [0.25, 0.3) is 0 Å². The van der Waals surface area contributed by atoms with E-state index in [-0.39, 0.29) is 13.0 Å². The van der Waals surface area contributed by atoms with E-state index in [4.69, 9.17) is 4.74 Å². The molecule has 0 N–H and O–H groups in total. The van der Waals surface area contributed by atoms with Gasteiger partial charge in [0.05, 0.1) is 6.61 Å². The van der Waals surface area contributed by atoms with E-state index < -0.39 is 12.6 Å². The van der Waals surface area contributed by atoms with Gasteiger partial charge < -0.3 is 4.74 Å². The molecule has 0 heterocycles. The van der Waals surface area contributed by atoms with Crippen molar-refractivity contribution in [3.05, 3.63) is 29.8 Å². The minimum absolute atomic E-state index is 0.00108. The highest BCUT2D eigenvalue weighted by Crippen LogP contribution is 2.21. The van der Waals surface area contributed by atoms with Crippen molar-refractivity contribution in [1.82, 2.24) is 0 Å². The number of hydrogen-bond donors (Lipinski definition) is 0. The summed E-state index contributed by atoms with van der Waals surface area (Å²) >= 11 is 0. The van der Waals surface area contributed by atoms with E-state index in [0.717, 1.165) is 19.3 Å². The first-order valence-electron chi connectivity index (χ1n) is 6.30. The maximum absolute atomic E-state index is 11.9. The van der Waals surface area contributed by atoms with E-state index in [2.05, 4.69) is 6.92 Å². The molecule has 102 valence electrons. The van der Waals surface area contributed by atoms with Crippen molar-refractivity contribution >= 4 is 0 Å². The van der Waals surface area contributed by atoms with Gasteiger partial charge >= 0.3 is 6.18 Å². The summed E-state index contributed by atoms with van der Waals surface area (Å²) in [5, 5.41) is 0. The monoisotopic (exact) mass is 260 g/mol. The van der Waals surface area contributed by atoms with Crippen molar-refractivity contribution in [2.75, 3.05) is 6.61 Å². The minimum Gasteiger partial charge on any atom is -0.494 e. The molecule has 0 unspecified atom stereocenters. The molecule has 0 bridgehead atoms. The van der Waals surface area contributed by atoms with Gasteiger partial charge in [-0.25, -0.2) is 0 Å². The van der Waals surface area contributed by atoms with Crippen molar-refractivity contribution in [1.29, 1.82) is 0 Å². The highest BCUT2D eigenvalue weighted by atomic mass is 19.4. The Morgan fingerprint density at radius 3 is 2.28 bits per heavy atom. The van der Waals surface area contributed by atoms with Crippen molar-refractivity contribution in [2.45, 2.75) is 45.2 Å². The topological polar surface area (TPSA) is 9.23 Å². The van der Waals surface area contributed by atoms with Crippen LogP contribution < -0.4 is 4.74 Å². The lowest BCUT2D eigenvalue weighted by molar-refractivity contribution is -0.136. The molecule has 0 saturated heterocycles. The maximum Gasteiger partial charge on any atom is 0.389 e. The molecule has 0 radical (unpaired) electrons. The van der Waals surface area contributed by atoms with Crippen LogP contribution >= 0.6 is 0 Å². The summed E-state index contributed by atoms with van der Waals surface area (Å²) in [6.45, 7) is 2.24. The Hall–Kier alpha value is -1.19. The van der Waals surface area contributed by atoms with Crippen LogP contribution in [0.3, 0.4) is 0 Å². The van der Waals surface area contributed by atoms with Gasteiger partial charge in [-0.05, 0) is 37.0 Å². The van der Waals surface area contributed by atoms with Gasteiger partial charge in [-0.15, -0.1) is 0 Å². The second-order valence-corrected chi connectivity index (χ2v) is 4.31. The summed E-state index contributed by atoms with van der Waals surface area (Å²) in [4.78, 5) is 0. The maximum atomic E-state index is 11.9. The molecular formula is C14H19F3O. The first kappa shape index (κ1) is 14.9. The number of rotatable bonds is 7. The molecular weight excluding hydrogens is 241 g/mol. The fraction of sp³-hybridized carbons (Fsp3) is 0.571. The first-order chi connectivity index (χ1) is 8.51. The number of alkyl halides is 3. The van der Waals surface area contributed by atoms with Crippen LogP contribution in [-0.2, 0) is 6.42 Å². The van der Waals surface area contributed by atoms with Crippen LogP contribution in [0.25, 0.3) is 0 Å². The first-order valence-corrected chi connectivity index (χ1v) is 6.30. The third kappa shape index (κ3) is 6.52. The molecule has 0 aliphatic carbocycles. The molecule has 0 aliphatic heterocycles. The van der Waals surface area contributed by atoms with Gasteiger partial charge in [-0.1, -0.05) is 25.5 Å². The van der Waals surface area contributed by atoms with E-state index in [1.807, 2.05) is 24.3 Å². The third-order valence-corrected chi connectivity index (χ3v) is 2.62. The van der Waals surface area contributed by atoms with Crippen LogP contribution in [-0.4, -0.2) is 12.8 Å². The van der Waals surface area contributed by atoms with Gasteiger partial charge in [-0.3, -0.25) is 0 Å². The van der Waals surface area contributed by atoms with Gasteiger partial charge in [-0.2, -0.15) is 13.2 Å². The second-order valence-electron chi connectivity index (χ2n) is 4.31. The highest BCUT2D eigenvalue weighted by molar-refractivity contribution is 5.27. The fourth-order valence-electron chi connectivity index (χ4n) is 1.60. The molecule has 0 saturated carbocycles. The lowest BCUT2D eigenvalue weighted by atomic mass is 10.1. The van der Waals surface area contributed by atoms with Crippen LogP contribution in [0.15, 0.2) is 24.3 Å². The number of unbranched alkanes of at least 4 members (excludes halogenated alkanes) is 1. The molecule has 4 heteroatoms. The molecule has 1 rings (SSSR count). The van der Waals surface area contributed by atoms with Crippen LogP contribution in [0.5, 0.6) is 5.75 Å². The zero-order valence-electron chi connectivity index (χ0n) is 10.6. The zero-order valence-corrected chi connectivity index (χ0v) is 10.6. The molecule has 1 nitrogen and oxygen atoms in total. The predicted molar refractivity (Wildman–Crippen MR) is 65.8 cm³/mol. The summed E-state index contributed by atoms with van der Waals surface area (Å²) in [7, 11) is 0. The van der Waals surface area contributed by atoms with Gasteiger partial charge in [0.1, 0.15) is 5.75 Å². The smallest absolute Gasteiger partial charge is 0.389 e. The number of hydrogen-bond acceptors (Lipinski definition) is 1. The SMILES string of the molecule is CCCCc1ccc(OCCCC(F)(F)F)cc1. The minimum atomic E-state index is -4.09. The summed E-state index contributed by atoms with van der Waals surface area (Å²) in [5.41, 5.74) is 1.24. The van der Waals surface area contributed by atoms with Crippen molar-refractivity contribution in [3.63, 3.8) is 0 Å².